The number of nitrogens with two attached hydrogens (primary N) is 1. The molecule has 0 fully saturated rings. The Labute approximate surface area is 209 Å². The van der Waals surface area contributed by atoms with E-state index in [1.807, 2.05) is 30.3 Å². The first-order chi connectivity index (χ1) is 17.4. The van der Waals surface area contributed by atoms with Crippen LogP contribution >= 0.6 is 12.2 Å². The number of hydrogen-bond donors (Lipinski definition) is 1. The molecule has 0 atom stereocenters. The quantitative estimate of drug-likeness (QED) is 0.176. The third-order valence-corrected chi connectivity index (χ3v) is 6.03. The van der Waals surface area contributed by atoms with Gasteiger partial charge in [-0.15, -0.1) is 0 Å². The van der Waals surface area contributed by atoms with Crippen LogP contribution < -0.4 is 10.5 Å². The fourth-order valence-corrected chi connectivity index (χ4v) is 4.27. The number of hydrogen-bond acceptors (Lipinski definition) is 7. The van der Waals surface area contributed by atoms with Gasteiger partial charge < -0.3 is 10.5 Å². The van der Waals surface area contributed by atoms with Crippen molar-refractivity contribution in [3.63, 3.8) is 0 Å². The van der Waals surface area contributed by atoms with Gasteiger partial charge in [0.05, 0.1) is 28.8 Å². The average molecular weight is 500 g/mol. The van der Waals surface area contributed by atoms with E-state index >= 15 is 0 Å². The molecule has 36 heavy (non-hydrogen) atoms. The van der Waals surface area contributed by atoms with Gasteiger partial charge in [-0.1, -0.05) is 24.3 Å². The summed E-state index contributed by atoms with van der Waals surface area (Å²) in [7, 11) is 1.58. The molecule has 0 spiro atoms. The molecule has 0 bridgehead atoms. The molecular formula is C26H18FN5O3S. The van der Waals surface area contributed by atoms with Crippen LogP contribution in [0.4, 0.5) is 15.9 Å². The summed E-state index contributed by atoms with van der Waals surface area (Å²) in [4.78, 5) is 19.8. The molecule has 0 amide bonds. The zero-order chi connectivity index (χ0) is 25.4. The molecule has 3 aromatic carbocycles. The van der Waals surface area contributed by atoms with Gasteiger partial charge in [-0.05, 0) is 65.8 Å². The summed E-state index contributed by atoms with van der Waals surface area (Å²) >= 11 is 5.48. The summed E-state index contributed by atoms with van der Waals surface area (Å²) in [5, 5.41) is 11.6. The van der Waals surface area contributed by atoms with Gasteiger partial charge in [0.25, 0.3) is 5.69 Å². The molecule has 2 N–H and O–H groups in total. The van der Waals surface area contributed by atoms with Crippen LogP contribution in [0.1, 0.15) is 0 Å². The first-order valence-corrected chi connectivity index (χ1v) is 11.2. The lowest BCUT2D eigenvalue weighted by atomic mass is 9.99. The molecule has 0 aliphatic heterocycles. The van der Waals surface area contributed by atoms with Crippen molar-refractivity contribution in [2.45, 2.75) is 0 Å². The number of para-hydroxylation sites is 1. The minimum Gasteiger partial charge on any atom is -0.497 e. The normalized spacial score (nSPS) is 10.9. The number of methoxy groups -OCH3 is 1. The van der Waals surface area contributed by atoms with Gasteiger partial charge in [-0.3, -0.25) is 14.7 Å². The van der Waals surface area contributed by atoms with Crippen LogP contribution in [0.2, 0.25) is 0 Å². The summed E-state index contributed by atoms with van der Waals surface area (Å²) in [6.07, 6.45) is 0. The predicted octanol–water partition coefficient (Wildman–Crippen LogP) is 6.12. The zero-order valence-corrected chi connectivity index (χ0v) is 19.7. The number of non-ortho nitro benzene ring substituents is 1. The minimum absolute atomic E-state index is 0.0314. The van der Waals surface area contributed by atoms with Crippen molar-refractivity contribution in [1.29, 1.82) is 0 Å². The lowest BCUT2D eigenvalue weighted by Crippen LogP contribution is -2.10. The van der Waals surface area contributed by atoms with E-state index in [-0.39, 0.29) is 27.6 Å². The van der Waals surface area contributed by atoms with E-state index in [0.717, 1.165) is 5.56 Å². The molecule has 10 heteroatoms. The SMILES string of the molecule is COc1ccc(-c2cc(-c3ccc([N+](=O)[O-])cc3)nc3nc(=S)n(-c4ccccc4F)c(N)c23)cc1. The number of rotatable bonds is 5. The van der Waals surface area contributed by atoms with Gasteiger partial charge in [0.1, 0.15) is 17.4 Å². The second-order valence-electron chi connectivity index (χ2n) is 7.85. The number of pyridine rings is 1. The molecule has 5 aromatic rings. The number of halogens is 1. The molecule has 178 valence electrons. The van der Waals surface area contributed by atoms with E-state index in [2.05, 4.69) is 9.97 Å². The molecule has 5 rings (SSSR count). The fourth-order valence-electron chi connectivity index (χ4n) is 3.99. The molecule has 0 saturated carbocycles. The summed E-state index contributed by atoms with van der Waals surface area (Å²) in [6.45, 7) is 0. The predicted molar refractivity (Wildman–Crippen MR) is 138 cm³/mol. The number of fused-ring (bicyclic) bond motifs is 1. The largest absolute Gasteiger partial charge is 0.497 e. The van der Waals surface area contributed by atoms with E-state index in [1.54, 1.807) is 37.4 Å². The second kappa shape index (κ2) is 9.16. The molecule has 0 radical (unpaired) electrons. The molecule has 2 heterocycles. The summed E-state index contributed by atoms with van der Waals surface area (Å²) in [5.41, 5.74) is 9.66. The Balaban J connectivity index is 1.82. The number of anilines is 1. The molecule has 8 nitrogen and oxygen atoms in total. The highest BCUT2D eigenvalue weighted by Crippen LogP contribution is 2.36. The van der Waals surface area contributed by atoms with Crippen molar-refractivity contribution >= 4 is 34.8 Å². The highest BCUT2D eigenvalue weighted by Gasteiger charge is 2.19. The number of aromatic nitrogens is 3. The van der Waals surface area contributed by atoms with E-state index in [9.17, 15) is 14.5 Å². The smallest absolute Gasteiger partial charge is 0.269 e. The third-order valence-electron chi connectivity index (χ3n) is 5.76. The van der Waals surface area contributed by atoms with Crippen LogP contribution in [0, 0.1) is 20.7 Å². The maximum Gasteiger partial charge on any atom is 0.269 e. The van der Waals surface area contributed by atoms with E-state index in [0.29, 0.717) is 28.0 Å². The van der Waals surface area contributed by atoms with Crippen molar-refractivity contribution in [3.05, 3.63) is 99.6 Å². The molecule has 0 aliphatic carbocycles. The van der Waals surface area contributed by atoms with Crippen LogP contribution in [0.5, 0.6) is 5.75 Å². The summed E-state index contributed by atoms with van der Waals surface area (Å²) < 4.78 is 21.4. The average Bonchev–Trinajstić information content (AvgIpc) is 2.89. The van der Waals surface area contributed by atoms with Crippen molar-refractivity contribution in [3.8, 4) is 33.8 Å². The number of nitrogens with zero attached hydrogens (tertiary/aromatic N) is 4. The fraction of sp³-hybridized carbons (Fsp3) is 0.0385. The number of nitro benzene ring substituents is 1. The Kier molecular flexibility index (Phi) is 5.87. The first-order valence-electron chi connectivity index (χ1n) is 10.7. The standard InChI is InChI=1S/C26H18FN5O3S/c1-35-18-12-8-15(9-13-18)19-14-21(16-6-10-17(11-7-16)32(33)34)29-25-23(19)24(28)31(26(36)30-25)22-5-3-2-4-20(22)27/h2-14H,28H2,1H3. The van der Waals surface area contributed by atoms with Crippen molar-refractivity contribution in [2.24, 2.45) is 0 Å². The van der Waals surface area contributed by atoms with Crippen LogP contribution in [-0.4, -0.2) is 26.6 Å². The van der Waals surface area contributed by atoms with E-state index < -0.39 is 10.7 Å². The number of benzene rings is 3. The second-order valence-corrected chi connectivity index (χ2v) is 8.22. The third kappa shape index (κ3) is 4.03. The van der Waals surface area contributed by atoms with E-state index in [1.165, 1.54) is 22.8 Å². The van der Waals surface area contributed by atoms with Crippen LogP contribution in [0.15, 0.2) is 78.9 Å². The highest BCUT2D eigenvalue weighted by molar-refractivity contribution is 7.71. The Hall–Kier alpha value is -4.70. The Bertz CT molecular complexity index is 1690. The Morgan fingerprint density at radius 3 is 2.31 bits per heavy atom. The Morgan fingerprint density at radius 1 is 1.00 bits per heavy atom. The van der Waals surface area contributed by atoms with Crippen LogP contribution in [-0.2, 0) is 0 Å². The Morgan fingerprint density at radius 2 is 1.67 bits per heavy atom. The number of ether oxygens (including phenoxy) is 1. The molecule has 0 unspecified atom stereocenters. The summed E-state index contributed by atoms with van der Waals surface area (Å²) in [5.74, 6) is 0.361. The van der Waals surface area contributed by atoms with Gasteiger partial charge >= 0.3 is 0 Å². The van der Waals surface area contributed by atoms with Gasteiger partial charge in [-0.25, -0.2) is 9.37 Å². The molecule has 2 aromatic heterocycles. The number of nitro groups is 1. The molecule has 0 aliphatic rings. The van der Waals surface area contributed by atoms with Crippen molar-refractivity contribution in [1.82, 2.24) is 14.5 Å². The zero-order valence-electron chi connectivity index (χ0n) is 18.9. The summed E-state index contributed by atoms with van der Waals surface area (Å²) in [6, 6.07) is 21.4. The van der Waals surface area contributed by atoms with Gasteiger partial charge in [0.2, 0.25) is 4.77 Å². The highest BCUT2D eigenvalue weighted by atomic mass is 32.1. The minimum atomic E-state index is -0.497. The van der Waals surface area contributed by atoms with Crippen LogP contribution in [0.25, 0.3) is 39.1 Å². The lowest BCUT2D eigenvalue weighted by molar-refractivity contribution is -0.384. The lowest BCUT2D eigenvalue weighted by Gasteiger charge is -2.17. The van der Waals surface area contributed by atoms with Gasteiger partial charge in [0.15, 0.2) is 5.65 Å². The monoisotopic (exact) mass is 499 g/mol. The van der Waals surface area contributed by atoms with E-state index in [4.69, 9.17) is 22.7 Å². The number of nitrogen functional groups attached to an aromatic ring is 1. The molecular weight excluding hydrogens is 481 g/mol. The maximum atomic E-state index is 14.7. The van der Waals surface area contributed by atoms with Gasteiger partial charge in [0, 0.05) is 17.7 Å². The van der Waals surface area contributed by atoms with Crippen molar-refractivity contribution < 1.29 is 14.1 Å². The van der Waals surface area contributed by atoms with Gasteiger partial charge in [-0.2, -0.15) is 4.98 Å². The first kappa shape index (κ1) is 23.1. The maximum absolute atomic E-state index is 14.7. The topological polar surface area (TPSA) is 109 Å². The molecule has 0 saturated heterocycles. The van der Waals surface area contributed by atoms with Crippen LogP contribution in [0.3, 0.4) is 0 Å². The van der Waals surface area contributed by atoms with Crippen molar-refractivity contribution in [2.75, 3.05) is 12.8 Å².